The Hall–Kier alpha value is -1.57. The van der Waals surface area contributed by atoms with Gasteiger partial charge >= 0.3 is 5.97 Å². The summed E-state index contributed by atoms with van der Waals surface area (Å²) in [6.45, 7) is 3.83. The number of ether oxygens (including phenoxy) is 1. The number of hydrogen-bond acceptors (Lipinski definition) is 2. The van der Waals surface area contributed by atoms with Crippen molar-refractivity contribution in [2.45, 2.75) is 51.4 Å². The van der Waals surface area contributed by atoms with E-state index in [1.165, 1.54) is 36.5 Å². The molecule has 0 radical (unpaired) electrons. The standard InChI is InChI=1S/C19H22O2/c1-3-19-14-5-4-6-15(19)11-16-17(21-12(2)20)10-8-13(7-9-14)18(16)19/h4-5,8,10,14-15H,3,6-7,9,11H2,1-2H3/t14?,15-,19-/m1/s1. The fourth-order valence-electron chi connectivity index (χ4n) is 5.30. The van der Waals surface area contributed by atoms with E-state index in [-0.39, 0.29) is 5.97 Å². The van der Waals surface area contributed by atoms with Gasteiger partial charge in [-0.2, -0.15) is 0 Å². The van der Waals surface area contributed by atoms with E-state index in [9.17, 15) is 4.79 Å². The molecule has 0 aromatic heterocycles. The highest BCUT2D eigenvalue weighted by molar-refractivity contribution is 5.71. The number of aryl methyl sites for hydroxylation is 1. The van der Waals surface area contributed by atoms with E-state index in [1.807, 2.05) is 6.07 Å². The fourth-order valence-corrected chi connectivity index (χ4v) is 5.30. The van der Waals surface area contributed by atoms with Gasteiger partial charge in [-0.1, -0.05) is 25.1 Å². The number of benzene rings is 1. The predicted molar refractivity (Wildman–Crippen MR) is 82.5 cm³/mol. The summed E-state index contributed by atoms with van der Waals surface area (Å²) in [5, 5.41) is 0. The first-order valence-electron chi connectivity index (χ1n) is 8.17. The number of carbonyl (C=O) groups excluding carboxylic acids is 1. The van der Waals surface area contributed by atoms with Crippen LogP contribution in [0.2, 0.25) is 0 Å². The molecule has 1 aromatic rings. The van der Waals surface area contributed by atoms with Gasteiger partial charge in [0.25, 0.3) is 0 Å². The average molecular weight is 282 g/mol. The third kappa shape index (κ3) is 1.62. The number of allylic oxidation sites excluding steroid dienone is 2. The Balaban J connectivity index is 1.94. The van der Waals surface area contributed by atoms with Crippen LogP contribution >= 0.6 is 0 Å². The Labute approximate surface area is 126 Å². The van der Waals surface area contributed by atoms with Crippen molar-refractivity contribution >= 4 is 5.97 Å². The van der Waals surface area contributed by atoms with Crippen LogP contribution in [0.4, 0.5) is 0 Å². The highest BCUT2D eigenvalue weighted by Crippen LogP contribution is 2.60. The minimum atomic E-state index is -0.211. The normalized spacial score (nSPS) is 31.9. The largest absolute Gasteiger partial charge is 0.426 e. The van der Waals surface area contributed by atoms with E-state index in [1.54, 1.807) is 0 Å². The Morgan fingerprint density at radius 1 is 1.43 bits per heavy atom. The van der Waals surface area contributed by atoms with Crippen molar-refractivity contribution in [3.8, 4) is 5.75 Å². The molecule has 3 aliphatic carbocycles. The Morgan fingerprint density at radius 2 is 2.29 bits per heavy atom. The number of rotatable bonds is 2. The van der Waals surface area contributed by atoms with Crippen molar-refractivity contribution in [3.05, 3.63) is 41.0 Å². The third-order valence-electron chi connectivity index (χ3n) is 6.01. The van der Waals surface area contributed by atoms with Crippen molar-refractivity contribution in [1.29, 1.82) is 0 Å². The lowest BCUT2D eigenvalue weighted by Crippen LogP contribution is -2.43. The molecule has 0 N–H and O–H groups in total. The predicted octanol–water partition coefficient (Wildman–Crippen LogP) is 3.95. The lowest BCUT2D eigenvalue weighted by molar-refractivity contribution is -0.131. The molecule has 0 fully saturated rings. The van der Waals surface area contributed by atoms with Gasteiger partial charge in [-0.15, -0.1) is 0 Å². The molecule has 21 heavy (non-hydrogen) atoms. The van der Waals surface area contributed by atoms with E-state index in [4.69, 9.17) is 4.74 Å². The van der Waals surface area contributed by atoms with Crippen LogP contribution < -0.4 is 4.74 Å². The molecule has 0 saturated heterocycles. The van der Waals surface area contributed by atoms with Crippen LogP contribution in [0.15, 0.2) is 24.3 Å². The number of hydrogen-bond donors (Lipinski definition) is 0. The van der Waals surface area contributed by atoms with Gasteiger partial charge < -0.3 is 4.74 Å². The lowest BCUT2D eigenvalue weighted by atomic mass is 9.56. The second kappa shape index (κ2) is 4.46. The second-order valence-corrected chi connectivity index (χ2v) is 6.77. The van der Waals surface area contributed by atoms with Crippen molar-refractivity contribution in [2.75, 3.05) is 0 Å². The van der Waals surface area contributed by atoms with Crippen LogP contribution in [0.1, 0.15) is 49.8 Å². The Morgan fingerprint density at radius 3 is 3.05 bits per heavy atom. The maximum absolute atomic E-state index is 11.4. The molecule has 110 valence electrons. The smallest absolute Gasteiger partial charge is 0.308 e. The molecule has 0 aliphatic heterocycles. The lowest BCUT2D eigenvalue weighted by Gasteiger charge is -2.47. The summed E-state index contributed by atoms with van der Waals surface area (Å²) in [7, 11) is 0. The molecular formula is C19H22O2. The summed E-state index contributed by atoms with van der Waals surface area (Å²) in [6, 6.07) is 4.22. The van der Waals surface area contributed by atoms with Crippen molar-refractivity contribution in [3.63, 3.8) is 0 Å². The van der Waals surface area contributed by atoms with E-state index < -0.39 is 0 Å². The van der Waals surface area contributed by atoms with E-state index >= 15 is 0 Å². The van der Waals surface area contributed by atoms with Crippen LogP contribution in [0.5, 0.6) is 5.75 Å². The zero-order valence-electron chi connectivity index (χ0n) is 12.8. The monoisotopic (exact) mass is 282 g/mol. The van der Waals surface area contributed by atoms with Gasteiger partial charge in [-0.3, -0.25) is 4.79 Å². The summed E-state index contributed by atoms with van der Waals surface area (Å²) < 4.78 is 5.51. The molecule has 0 heterocycles. The van der Waals surface area contributed by atoms with Crippen LogP contribution in [0.3, 0.4) is 0 Å². The van der Waals surface area contributed by atoms with Gasteiger partial charge in [-0.25, -0.2) is 0 Å². The third-order valence-corrected chi connectivity index (χ3v) is 6.01. The van der Waals surface area contributed by atoms with Crippen LogP contribution in [-0.2, 0) is 23.1 Å². The van der Waals surface area contributed by atoms with Crippen molar-refractivity contribution in [1.82, 2.24) is 0 Å². The Bertz CT molecular complexity index is 643. The average Bonchev–Trinajstić information content (AvgIpc) is 2.83. The quantitative estimate of drug-likeness (QED) is 0.466. The molecule has 1 aromatic carbocycles. The fraction of sp³-hybridized carbons (Fsp3) is 0.526. The van der Waals surface area contributed by atoms with E-state index in [0.717, 1.165) is 25.0 Å². The maximum atomic E-state index is 11.4. The van der Waals surface area contributed by atoms with E-state index in [2.05, 4.69) is 25.1 Å². The van der Waals surface area contributed by atoms with Crippen LogP contribution in [0, 0.1) is 11.8 Å². The summed E-state index contributed by atoms with van der Waals surface area (Å²) in [4.78, 5) is 11.4. The molecule has 0 spiro atoms. The number of esters is 1. The van der Waals surface area contributed by atoms with Gasteiger partial charge in [0.1, 0.15) is 5.75 Å². The summed E-state index contributed by atoms with van der Waals surface area (Å²) >= 11 is 0. The molecule has 3 aliphatic rings. The summed E-state index contributed by atoms with van der Waals surface area (Å²) in [5.74, 6) is 1.95. The second-order valence-electron chi connectivity index (χ2n) is 6.77. The molecule has 0 saturated carbocycles. The highest BCUT2D eigenvalue weighted by Gasteiger charge is 2.54. The van der Waals surface area contributed by atoms with Crippen LogP contribution in [-0.4, -0.2) is 5.97 Å². The van der Waals surface area contributed by atoms with Gasteiger partial charge in [0, 0.05) is 12.3 Å². The van der Waals surface area contributed by atoms with E-state index in [0.29, 0.717) is 17.3 Å². The SMILES string of the molecule is CC[C@]12c3c4ccc(OC(C)=O)c3C[C@H]1CC=CC2CC4. The molecule has 4 rings (SSSR count). The molecule has 0 bridgehead atoms. The Kier molecular flexibility index (Phi) is 2.79. The van der Waals surface area contributed by atoms with Crippen molar-refractivity contribution < 1.29 is 9.53 Å². The zero-order chi connectivity index (χ0) is 14.6. The molecule has 2 heteroatoms. The first-order chi connectivity index (χ1) is 10.2. The zero-order valence-corrected chi connectivity index (χ0v) is 12.8. The summed E-state index contributed by atoms with van der Waals surface area (Å²) in [6.07, 6.45) is 10.7. The highest BCUT2D eigenvalue weighted by atomic mass is 16.5. The first-order valence-corrected chi connectivity index (χ1v) is 8.17. The summed E-state index contributed by atoms with van der Waals surface area (Å²) in [5.41, 5.74) is 4.66. The molecule has 0 amide bonds. The minimum absolute atomic E-state index is 0.211. The topological polar surface area (TPSA) is 26.3 Å². The molecule has 1 unspecified atom stereocenters. The van der Waals surface area contributed by atoms with Gasteiger partial charge in [0.05, 0.1) is 0 Å². The van der Waals surface area contributed by atoms with Gasteiger partial charge in [-0.05, 0) is 66.7 Å². The van der Waals surface area contributed by atoms with Gasteiger partial charge in [0.2, 0.25) is 0 Å². The minimum Gasteiger partial charge on any atom is -0.426 e. The van der Waals surface area contributed by atoms with Crippen molar-refractivity contribution in [2.24, 2.45) is 11.8 Å². The van der Waals surface area contributed by atoms with Gasteiger partial charge in [0.15, 0.2) is 0 Å². The number of carbonyl (C=O) groups is 1. The molecular weight excluding hydrogens is 260 g/mol. The van der Waals surface area contributed by atoms with Crippen LogP contribution in [0.25, 0.3) is 0 Å². The maximum Gasteiger partial charge on any atom is 0.308 e. The first kappa shape index (κ1) is 13.1. The molecule has 3 atom stereocenters. The molecule has 2 nitrogen and oxygen atoms in total.